The third-order valence-corrected chi connectivity index (χ3v) is 10.0. The highest BCUT2D eigenvalue weighted by molar-refractivity contribution is 5.71. The van der Waals surface area contributed by atoms with E-state index in [9.17, 15) is 14.4 Å². The van der Waals surface area contributed by atoms with Gasteiger partial charge in [-0.2, -0.15) is 0 Å². The summed E-state index contributed by atoms with van der Waals surface area (Å²) < 4.78 is 16.7. The van der Waals surface area contributed by atoms with E-state index in [2.05, 4.69) is 93.7 Å². The quantitative estimate of drug-likeness (QED) is 0.0199. The first-order chi connectivity index (χ1) is 32.0. The van der Waals surface area contributed by atoms with Crippen molar-refractivity contribution in [3.8, 4) is 0 Å². The first-order valence-electron chi connectivity index (χ1n) is 25.5. The highest BCUT2D eigenvalue weighted by Crippen LogP contribution is 2.13. The molecule has 0 aliphatic rings. The number of carbonyl (C=O) groups is 3. The average Bonchev–Trinajstić information content (AvgIpc) is 3.30. The molecule has 0 amide bonds. The monoisotopic (exact) mass is 895 g/mol. The number of carbonyl (C=O) groups excluding carboxylic acids is 3. The second-order valence-corrected chi connectivity index (χ2v) is 16.2. The lowest BCUT2D eigenvalue weighted by Gasteiger charge is -2.18. The highest BCUT2D eigenvalue weighted by Gasteiger charge is 2.19. The number of hydrogen-bond acceptors (Lipinski definition) is 6. The van der Waals surface area contributed by atoms with Gasteiger partial charge in [-0.05, 0) is 89.9 Å². The molecular weight excluding hydrogens is 805 g/mol. The molecular formula is C59H90O6. The molecule has 0 spiro atoms. The van der Waals surface area contributed by atoms with Gasteiger partial charge in [-0.1, -0.05) is 224 Å². The van der Waals surface area contributed by atoms with E-state index in [0.29, 0.717) is 19.3 Å². The number of rotatable bonds is 43. The molecule has 362 valence electrons. The van der Waals surface area contributed by atoms with Crippen molar-refractivity contribution < 1.29 is 28.6 Å². The summed E-state index contributed by atoms with van der Waals surface area (Å²) in [5.41, 5.74) is 0. The molecule has 65 heavy (non-hydrogen) atoms. The fraction of sp³-hybridized carbons (Fsp3) is 0.542. The van der Waals surface area contributed by atoms with Crippen molar-refractivity contribution in [2.75, 3.05) is 13.2 Å². The summed E-state index contributed by atoms with van der Waals surface area (Å²) in [4.78, 5) is 38.0. The average molecular weight is 895 g/mol. The van der Waals surface area contributed by atoms with Gasteiger partial charge in [-0.25, -0.2) is 0 Å². The molecule has 0 saturated carbocycles. The predicted molar refractivity (Wildman–Crippen MR) is 279 cm³/mol. The molecule has 0 aliphatic heterocycles. The fourth-order valence-corrected chi connectivity index (χ4v) is 6.26. The van der Waals surface area contributed by atoms with Crippen LogP contribution in [0.15, 0.2) is 146 Å². The lowest BCUT2D eigenvalue weighted by atomic mass is 10.1. The third kappa shape index (κ3) is 50.2. The maximum absolute atomic E-state index is 12.8. The van der Waals surface area contributed by atoms with Crippen LogP contribution in [0.5, 0.6) is 0 Å². The Balaban J connectivity index is 4.55. The Kier molecular flexibility index (Phi) is 48.2. The van der Waals surface area contributed by atoms with Gasteiger partial charge >= 0.3 is 17.9 Å². The van der Waals surface area contributed by atoms with Crippen LogP contribution in [0.2, 0.25) is 0 Å². The number of esters is 3. The zero-order valence-electron chi connectivity index (χ0n) is 41.2. The van der Waals surface area contributed by atoms with Gasteiger partial charge in [0.15, 0.2) is 6.10 Å². The summed E-state index contributed by atoms with van der Waals surface area (Å²) in [6, 6.07) is 0. The summed E-state index contributed by atoms with van der Waals surface area (Å²) in [7, 11) is 0. The smallest absolute Gasteiger partial charge is 0.306 e. The molecule has 6 heteroatoms. The first kappa shape index (κ1) is 60.3. The Labute approximate surface area is 397 Å². The molecule has 0 fully saturated rings. The van der Waals surface area contributed by atoms with Gasteiger partial charge in [0, 0.05) is 19.3 Å². The van der Waals surface area contributed by atoms with E-state index >= 15 is 0 Å². The second-order valence-electron chi connectivity index (χ2n) is 16.2. The Bertz CT molecular complexity index is 1490. The lowest BCUT2D eigenvalue weighted by Crippen LogP contribution is -2.30. The van der Waals surface area contributed by atoms with Crippen molar-refractivity contribution in [2.45, 2.75) is 194 Å². The standard InChI is InChI=1S/C59H90O6/c1-4-7-10-13-16-19-22-25-27-29-30-32-34-37-40-43-46-49-52-58(61)64-55-56(54-63-57(60)51-48-45-42-39-36-33-24-21-18-15-12-9-6-3)65-59(62)53-50-47-44-41-38-35-31-28-26-23-20-17-14-11-8-5-2/h8-13,15-22,24-30,32-33,36,56H,4-7,14,23,31,34-35,37-55H2,1-3H3/b11-8-,12-9-,13-10-,18-15-,19-16-,20-17-,24-21-,25-22-,28-26-,29-27-,32-30-,36-33-. The van der Waals surface area contributed by atoms with Crippen LogP contribution in [0.4, 0.5) is 0 Å². The minimum absolute atomic E-state index is 0.117. The van der Waals surface area contributed by atoms with E-state index in [1.165, 1.54) is 19.3 Å². The normalized spacial score (nSPS) is 13.3. The predicted octanol–water partition coefficient (Wildman–Crippen LogP) is 16.9. The van der Waals surface area contributed by atoms with Crippen molar-refractivity contribution in [3.05, 3.63) is 146 Å². The maximum atomic E-state index is 12.8. The molecule has 0 aromatic rings. The molecule has 6 nitrogen and oxygen atoms in total. The topological polar surface area (TPSA) is 78.9 Å². The molecule has 1 atom stereocenters. The molecule has 0 heterocycles. The summed E-state index contributed by atoms with van der Waals surface area (Å²) in [5.74, 6) is -1.00. The van der Waals surface area contributed by atoms with E-state index in [4.69, 9.17) is 14.2 Å². The molecule has 0 saturated heterocycles. The van der Waals surface area contributed by atoms with Crippen LogP contribution in [-0.4, -0.2) is 37.2 Å². The van der Waals surface area contributed by atoms with Gasteiger partial charge in [0.1, 0.15) is 13.2 Å². The Morgan fingerprint density at radius 2 is 0.677 bits per heavy atom. The van der Waals surface area contributed by atoms with E-state index in [1.807, 2.05) is 72.9 Å². The van der Waals surface area contributed by atoms with Gasteiger partial charge in [0.2, 0.25) is 0 Å². The number of allylic oxidation sites excluding steroid dienone is 24. The van der Waals surface area contributed by atoms with Crippen molar-refractivity contribution in [2.24, 2.45) is 0 Å². The van der Waals surface area contributed by atoms with Crippen molar-refractivity contribution in [1.29, 1.82) is 0 Å². The van der Waals surface area contributed by atoms with E-state index < -0.39 is 6.10 Å². The SMILES string of the molecule is CC\C=C/C=C\C=C/C=C\CCCCCC(=O)OCC(COC(=O)CCCCCCC\C=C/C=C\C=C/C=C\C=C/CCC)OC(=O)CCCCCCCC/C=C\C/C=C\C/C=C\CC. The first-order valence-corrected chi connectivity index (χ1v) is 25.5. The van der Waals surface area contributed by atoms with Gasteiger partial charge in [-0.3, -0.25) is 14.4 Å². The number of ether oxygens (including phenoxy) is 3. The fourth-order valence-electron chi connectivity index (χ4n) is 6.26. The number of hydrogen-bond donors (Lipinski definition) is 0. The largest absolute Gasteiger partial charge is 0.462 e. The summed E-state index contributed by atoms with van der Waals surface area (Å²) in [6.07, 6.45) is 73.9. The van der Waals surface area contributed by atoms with Gasteiger partial charge < -0.3 is 14.2 Å². The zero-order valence-corrected chi connectivity index (χ0v) is 41.2. The maximum Gasteiger partial charge on any atom is 0.306 e. The van der Waals surface area contributed by atoms with Crippen LogP contribution < -0.4 is 0 Å². The van der Waals surface area contributed by atoms with Gasteiger partial charge in [0.05, 0.1) is 0 Å². The van der Waals surface area contributed by atoms with Crippen LogP contribution in [0.1, 0.15) is 188 Å². The van der Waals surface area contributed by atoms with E-state index in [-0.39, 0.29) is 31.1 Å². The molecule has 0 aromatic heterocycles. The molecule has 0 radical (unpaired) electrons. The van der Waals surface area contributed by atoms with Crippen LogP contribution >= 0.6 is 0 Å². The highest BCUT2D eigenvalue weighted by atomic mass is 16.6. The Morgan fingerprint density at radius 1 is 0.338 bits per heavy atom. The molecule has 1 unspecified atom stereocenters. The molecule has 0 rings (SSSR count). The van der Waals surface area contributed by atoms with Gasteiger partial charge in [0.25, 0.3) is 0 Å². The van der Waals surface area contributed by atoms with E-state index in [0.717, 1.165) is 128 Å². The Morgan fingerprint density at radius 3 is 1.14 bits per heavy atom. The molecule has 0 N–H and O–H groups in total. The summed E-state index contributed by atoms with van der Waals surface area (Å²) >= 11 is 0. The number of unbranched alkanes of at least 4 members (excludes halogenated alkanes) is 15. The van der Waals surface area contributed by atoms with Gasteiger partial charge in [-0.15, -0.1) is 0 Å². The molecule has 0 bridgehead atoms. The zero-order chi connectivity index (χ0) is 47.2. The van der Waals surface area contributed by atoms with Crippen LogP contribution in [0.3, 0.4) is 0 Å². The van der Waals surface area contributed by atoms with E-state index in [1.54, 1.807) is 0 Å². The lowest BCUT2D eigenvalue weighted by molar-refractivity contribution is -0.167. The van der Waals surface area contributed by atoms with Crippen LogP contribution in [0, 0.1) is 0 Å². The Hall–Kier alpha value is -4.71. The van der Waals surface area contributed by atoms with Crippen molar-refractivity contribution >= 4 is 17.9 Å². The summed E-state index contributed by atoms with van der Waals surface area (Å²) in [5, 5.41) is 0. The summed E-state index contributed by atoms with van der Waals surface area (Å²) in [6.45, 7) is 6.20. The minimum atomic E-state index is -0.818. The van der Waals surface area contributed by atoms with Crippen LogP contribution in [0.25, 0.3) is 0 Å². The second kappa shape index (κ2) is 51.9. The third-order valence-electron chi connectivity index (χ3n) is 10.0. The molecule has 0 aliphatic carbocycles. The van der Waals surface area contributed by atoms with Crippen molar-refractivity contribution in [1.82, 2.24) is 0 Å². The van der Waals surface area contributed by atoms with Crippen LogP contribution in [-0.2, 0) is 28.6 Å². The minimum Gasteiger partial charge on any atom is -0.462 e. The van der Waals surface area contributed by atoms with Crippen molar-refractivity contribution in [3.63, 3.8) is 0 Å². The molecule has 0 aromatic carbocycles.